The second-order valence-corrected chi connectivity index (χ2v) is 8.41. The number of benzene rings is 2. The van der Waals surface area contributed by atoms with Gasteiger partial charge in [-0.15, -0.1) is 0 Å². The van der Waals surface area contributed by atoms with Crippen LogP contribution in [0.3, 0.4) is 0 Å². The smallest absolute Gasteiger partial charge is 0.220 e. The molecule has 0 fully saturated rings. The Kier molecular flexibility index (Phi) is 7.27. The number of hydrogen-bond acceptors (Lipinski definition) is 4. The first-order chi connectivity index (χ1) is 14.4. The van der Waals surface area contributed by atoms with E-state index in [1.54, 1.807) is 24.3 Å². The van der Waals surface area contributed by atoms with E-state index in [0.29, 0.717) is 18.7 Å². The molecule has 1 aliphatic rings. The van der Waals surface area contributed by atoms with Gasteiger partial charge in [-0.2, -0.15) is 0 Å². The van der Waals surface area contributed by atoms with Gasteiger partial charge in [0.05, 0.1) is 6.61 Å². The van der Waals surface area contributed by atoms with Crippen molar-refractivity contribution in [3.8, 4) is 5.75 Å². The van der Waals surface area contributed by atoms with E-state index in [-0.39, 0.29) is 30.1 Å². The third-order valence-corrected chi connectivity index (χ3v) is 5.77. The van der Waals surface area contributed by atoms with Gasteiger partial charge in [-0.1, -0.05) is 24.3 Å². The highest BCUT2D eigenvalue weighted by atomic mass is 16.5. The zero-order valence-corrected chi connectivity index (χ0v) is 18.2. The van der Waals surface area contributed by atoms with Gasteiger partial charge in [0.1, 0.15) is 5.75 Å². The molecule has 0 bridgehead atoms. The molecule has 0 radical (unpaired) electrons. The molecular weight excluding hydrogens is 376 g/mol. The molecule has 0 aromatic heterocycles. The standard InChI is InChI=1S/C25H32N2O3/c1-4-30-22-11-9-20(10-12-22)23(28)13-14-24(29)26-18-25(2,3)27-16-15-19-7-5-6-8-21(19)17-27/h5-12H,4,13-18H2,1-3H3,(H,26,29). The summed E-state index contributed by atoms with van der Waals surface area (Å²) in [7, 11) is 0. The van der Waals surface area contributed by atoms with Gasteiger partial charge in [0.25, 0.3) is 0 Å². The Morgan fingerprint density at radius 3 is 2.43 bits per heavy atom. The molecule has 5 heteroatoms. The van der Waals surface area contributed by atoms with Crippen LogP contribution in [0.2, 0.25) is 0 Å². The first-order valence-corrected chi connectivity index (χ1v) is 10.7. The molecule has 1 aliphatic heterocycles. The third kappa shape index (κ3) is 5.70. The number of hydrogen-bond donors (Lipinski definition) is 1. The minimum absolute atomic E-state index is 0.0277. The first-order valence-electron chi connectivity index (χ1n) is 10.7. The summed E-state index contributed by atoms with van der Waals surface area (Å²) < 4.78 is 5.39. The molecule has 160 valence electrons. The van der Waals surface area contributed by atoms with Crippen molar-refractivity contribution < 1.29 is 14.3 Å². The predicted octanol–water partition coefficient (Wildman–Crippen LogP) is 4.00. The van der Waals surface area contributed by atoms with Crippen molar-refractivity contribution in [2.24, 2.45) is 0 Å². The highest BCUT2D eigenvalue weighted by Crippen LogP contribution is 2.25. The molecule has 0 atom stereocenters. The van der Waals surface area contributed by atoms with Crippen molar-refractivity contribution in [3.63, 3.8) is 0 Å². The Hall–Kier alpha value is -2.66. The third-order valence-electron chi connectivity index (χ3n) is 5.77. The Morgan fingerprint density at radius 2 is 1.73 bits per heavy atom. The van der Waals surface area contributed by atoms with Crippen LogP contribution in [0, 0.1) is 0 Å². The molecule has 0 aliphatic carbocycles. The topological polar surface area (TPSA) is 58.6 Å². The van der Waals surface area contributed by atoms with Gasteiger partial charge in [0, 0.05) is 43.6 Å². The number of amides is 1. The number of ketones is 1. The van der Waals surface area contributed by atoms with Crippen LogP contribution in [0.1, 0.15) is 55.1 Å². The summed E-state index contributed by atoms with van der Waals surface area (Å²) in [6.07, 6.45) is 1.44. The fraction of sp³-hybridized carbons (Fsp3) is 0.440. The zero-order chi connectivity index (χ0) is 21.6. The number of nitrogens with zero attached hydrogens (tertiary/aromatic N) is 1. The minimum Gasteiger partial charge on any atom is -0.494 e. The molecule has 1 heterocycles. The van der Waals surface area contributed by atoms with Crippen LogP contribution < -0.4 is 10.1 Å². The molecular formula is C25H32N2O3. The summed E-state index contributed by atoms with van der Waals surface area (Å²) in [5.74, 6) is 0.634. The second-order valence-electron chi connectivity index (χ2n) is 8.41. The molecule has 2 aromatic carbocycles. The lowest BCUT2D eigenvalue weighted by Crippen LogP contribution is -2.53. The number of Topliss-reactive ketones (excluding diaryl/α,β-unsaturated/α-hetero) is 1. The molecule has 0 spiro atoms. The quantitative estimate of drug-likeness (QED) is 0.637. The molecule has 0 saturated carbocycles. The molecule has 3 rings (SSSR count). The van der Waals surface area contributed by atoms with E-state index >= 15 is 0 Å². The molecule has 2 aromatic rings. The highest BCUT2D eigenvalue weighted by molar-refractivity contribution is 5.98. The molecule has 0 saturated heterocycles. The summed E-state index contributed by atoms with van der Waals surface area (Å²) in [6.45, 7) is 9.27. The summed E-state index contributed by atoms with van der Waals surface area (Å²) in [6, 6.07) is 15.6. The Bertz CT molecular complexity index is 874. The fourth-order valence-corrected chi connectivity index (χ4v) is 3.80. The number of nitrogens with one attached hydrogen (secondary N) is 1. The van der Waals surface area contributed by atoms with Crippen LogP contribution in [-0.2, 0) is 17.8 Å². The van der Waals surface area contributed by atoms with Gasteiger partial charge in [-0.25, -0.2) is 0 Å². The molecule has 1 N–H and O–H groups in total. The summed E-state index contributed by atoms with van der Waals surface area (Å²) in [4.78, 5) is 27.1. The van der Waals surface area contributed by atoms with E-state index in [1.165, 1.54) is 11.1 Å². The lowest BCUT2D eigenvalue weighted by Gasteiger charge is -2.41. The molecule has 1 amide bonds. The van der Waals surface area contributed by atoms with E-state index < -0.39 is 0 Å². The van der Waals surface area contributed by atoms with Crippen LogP contribution in [0.25, 0.3) is 0 Å². The molecule has 30 heavy (non-hydrogen) atoms. The van der Waals surface area contributed by atoms with Crippen molar-refractivity contribution in [2.45, 2.75) is 52.1 Å². The van der Waals surface area contributed by atoms with Gasteiger partial charge in [0.15, 0.2) is 5.78 Å². The van der Waals surface area contributed by atoms with Crippen molar-refractivity contribution in [1.82, 2.24) is 10.2 Å². The summed E-state index contributed by atoms with van der Waals surface area (Å²) >= 11 is 0. The Labute approximate surface area is 179 Å². The average Bonchev–Trinajstić information content (AvgIpc) is 2.76. The van der Waals surface area contributed by atoms with Gasteiger partial charge in [-0.05, 0) is 62.6 Å². The number of ether oxygens (including phenoxy) is 1. The number of carbonyl (C=O) groups excluding carboxylic acids is 2. The van der Waals surface area contributed by atoms with E-state index in [4.69, 9.17) is 4.74 Å². The van der Waals surface area contributed by atoms with Crippen molar-refractivity contribution in [2.75, 3.05) is 19.7 Å². The molecule has 0 unspecified atom stereocenters. The summed E-state index contributed by atoms with van der Waals surface area (Å²) in [5, 5.41) is 3.02. The van der Waals surface area contributed by atoms with Crippen LogP contribution >= 0.6 is 0 Å². The monoisotopic (exact) mass is 408 g/mol. The average molecular weight is 409 g/mol. The van der Waals surface area contributed by atoms with Crippen LogP contribution in [-0.4, -0.2) is 41.8 Å². The largest absolute Gasteiger partial charge is 0.494 e. The lowest BCUT2D eigenvalue weighted by molar-refractivity contribution is -0.121. The van der Waals surface area contributed by atoms with Crippen molar-refractivity contribution in [3.05, 3.63) is 65.2 Å². The number of rotatable bonds is 9. The van der Waals surface area contributed by atoms with Crippen molar-refractivity contribution >= 4 is 11.7 Å². The van der Waals surface area contributed by atoms with Crippen LogP contribution in [0.4, 0.5) is 0 Å². The first kappa shape index (κ1) is 22.0. The lowest BCUT2D eigenvalue weighted by atomic mass is 9.94. The maximum absolute atomic E-state index is 12.4. The highest BCUT2D eigenvalue weighted by Gasteiger charge is 2.30. The summed E-state index contributed by atoms with van der Waals surface area (Å²) in [5.41, 5.74) is 3.24. The van der Waals surface area contributed by atoms with Crippen LogP contribution in [0.15, 0.2) is 48.5 Å². The zero-order valence-electron chi connectivity index (χ0n) is 18.2. The van der Waals surface area contributed by atoms with E-state index in [0.717, 1.165) is 25.3 Å². The molecule has 5 nitrogen and oxygen atoms in total. The maximum atomic E-state index is 12.4. The Morgan fingerprint density at radius 1 is 1.03 bits per heavy atom. The van der Waals surface area contributed by atoms with Gasteiger partial charge >= 0.3 is 0 Å². The van der Waals surface area contributed by atoms with E-state index in [2.05, 4.69) is 48.3 Å². The van der Waals surface area contributed by atoms with Gasteiger partial charge in [0.2, 0.25) is 5.91 Å². The van der Waals surface area contributed by atoms with Gasteiger partial charge < -0.3 is 10.1 Å². The second kappa shape index (κ2) is 9.90. The Balaban J connectivity index is 1.45. The predicted molar refractivity (Wildman–Crippen MR) is 119 cm³/mol. The SMILES string of the molecule is CCOc1ccc(C(=O)CCC(=O)NCC(C)(C)N2CCc3ccccc3C2)cc1. The van der Waals surface area contributed by atoms with E-state index in [9.17, 15) is 9.59 Å². The normalized spacial score (nSPS) is 14.1. The maximum Gasteiger partial charge on any atom is 0.220 e. The van der Waals surface area contributed by atoms with Crippen molar-refractivity contribution in [1.29, 1.82) is 0 Å². The minimum atomic E-state index is -0.150. The van der Waals surface area contributed by atoms with E-state index in [1.807, 2.05) is 6.92 Å². The fourth-order valence-electron chi connectivity index (χ4n) is 3.80. The number of fused-ring (bicyclic) bond motifs is 1. The van der Waals surface area contributed by atoms with Crippen LogP contribution in [0.5, 0.6) is 5.75 Å². The number of carbonyl (C=O) groups is 2. The van der Waals surface area contributed by atoms with Gasteiger partial charge in [-0.3, -0.25) is 14.5 Å².